The third-order valence-electron chi connectivity index (χ3n) is 1.93. The van der Waals surface area contributed by atoms with Gasteiger partial charge in [0, 0.05) is 11.3 Å². The molecule has 0 spiro atoms. The molecule has 0 bridgehead atoms. The van der Waals surface area contributed by atoms with Crippen LogP contribution in [-0.4, -0.2) is 29.2 Å². The SMILES string of the molecule is N=C(C(N)=O)c1ccc(F)cc1NCC(=O)O. The van der Waals surface area contributed by atoms with E-state index in [-0.39, 0.29) is 11.3 Å². The van der Waals surface area contributed by atoms with Crippen LogP contribution in [0.4, 0.5) is 10.1 Å². The largest absolute Gasteiger partial charge is 0.480 e. The minimum atomic E-state index is -1.15. The number of carboxylic acid groups (broad SMARTS) is 1. The number of rotatable bonds is 5. The Bertz CT molecular complexity index is 488. The van der Waals surface area contributed by atoms with Crippen LogP contribution in [0.25, 0.3) is 0 Å². The van der Waals surface area contributed by atoms with Crippen molar-refractivity contribution >= 4 is 23.3 Å². The summed E-state index contributed by atoms with van der Waals surface area (Å²) in [7, 11) is 0. The van der Waals surface area contributed by atoms with Gasteiger partial charge in [0.2, 0.25) is 0 Å². The number of primary amides is 1. The molecule has 0 unspecified atom stereocenters. The highest BCUT2D eigenvalue weighted by atomic mass is 19.1. The summed E-state index contributed by atoms with van der Waals surface area (Å²) in [5, 5.41) is 18.3. The molecule has 1 aromatic rings. The van der Waals surface area contributed by atoms with Crippen LogP contribution in [0.5, 0.6) is 0 Å². The maximum atomic E-state index is 13.0. The fourth-order valence-corrected chi connectivity index (χ4v) is 1.18. The first-order valence-corrected chi connectivity index (χ1v) is 4.55. The number of aliphatic carboxylic acids is 1. The maximum Gasteiger partial charge on any atom is 0.322 e. The van der Waals surface area contributed by atoms with Crippen LogP contribution in [0, 0.1) is 11.2 Å². The third-order valence-corrected chi connectivity index (χ3v) is 1.93. The lowest BCUT2D eigenvalue weighted by Crippen LogP contribution is -2.25. The summed E-state index contributed by atoms with van der Waals surface area (Å²) in [6.45, 7) is -0.456. The molecule has 0 heterocycles. The van der Waals surface area contributed by atoms with Gasteiger partial charge in [-0.15, -0.1) is 0 Å². The maximum absolute atomic E-state index is 13.0. The first-order valence-electron chi connectivity index (χ1n) is 4.55. The van der Waals surface area contributed by atoms with Crippen molar-refractivity contribution in [1.29, 1.82) is 5.41 Å². The van der Waals surface area contributed by atoms with E-state index in [9.17, 15) is 14.0 Å². The fraction of sp³-hybridized carbons (Fsp3) is 0.100. The number of hydrogen-bond donors (Lipinski definition) is 4. The van der Waals surface area contributed by atoms with Gasteiger partial charge in [0.05, 0.1) is 0 Å². The Hall–Kier alpha value is -2.44. The van der Waals surface area contributed by atoms with Crippen LogP contribution in [0.3, 0.4) is 0 Å². The molecule has 7 heteroatoms. The van der Waals surface area contributed by atoms with Gasteiger partial charge in [-0.1, -0.05) is 0 Å². The molecule has 0 aliphatic heterocycles. The van der Waals surface area contributed by atoms with Gasteiger partial charge in [-0.25, -0.2) is 4.39 Å². The highest BCUT2D eigenvalue weighted by molar-refractivity contribution is 6.44. The van der Waals surface area contributed by atoms with Crippen LogP contribution in [-0.2, 0) is 9.59 Å². The van der Waals surface area contributed by atoms with Crippen molar-refractivity contribution < 1.29 is 19.1 Å². The van der Waals surface area contributed by atoms with Gasteiger partial charge in [-0.3, -0.25) is 15.0 Å². The molecule has 1 amide bonds. The monoisotopic (exact) mass is 239 g/mol. The number of halogens is 1. The zero-order valence-electron chi connectivity index (χ0n) is 8.66. The number of benzene rings is 1. The molecule has 90 valence electrons. The first kappa shape index (κ1) is 12.6. The second-order valence-corrected chi connectivity index (χ2v) is 3.18. The standard InChI is InChI=1S/C10H10FN3O3/c11-5-1-2-6(9(12)10(13)17)7(3-5)14-4-8(15)16/h1-3,12,14H,4H2,(H2,13,17)(H,15,16). The second kappa shape index (κ2) is 5.06. The van der Waals surface area contributed by atoms with Crippen LogP contribution in [0.2, 0.25) is 0 Å². The van der Waals surface area contributed by atoms with Crippen molar-refractivity contribution in [2.24, 2.45) is 5.73 Å². The van der Waals surface area contributed by atoms with Crippen molar-refractivity contribution in [3.63, 3.8) is 0 Å². The predicted molar refractivity (Wildman–Crippen MR) is 58.5 cm³/mol. The highest BCUT2D eigenvalue weighted by Gasteiger charge is 2.14. The van der Waals surface area contributed by atoms with Gasteiger partial charge < -0.3 is 16.2 Å². The summed E-state index contributed by atoms with van der Waals surface area (Å²) in [6.07, 6.45) is 0. The topological polar surface area (TPSA) is 116 Å². The molecule has 1 rings (SSSR count). The average Bonchev–Trinajstić information content (AvgIpc) is 2.25. The van der Waals surface area contributed by atoms with E-state index in [2.05, 4.69) is 5.32 Å². The number of amides is 1. The van der Waals surface area contributed by atoms with Gasteiger partial charge in [0.1, 0.15) is 18.1 Å². The lowest BCUT2D eigenvalue weighted by atomic mass is 10.1. The Kier molecular flexibility index (Phi) is 3.76. The van der Waals surface area contributed by atoms with Gasteiger partial charge >= 0.3 is 5.97 Å². The number of nitrogens with one attached hydrogen (secondary N) is 2. The fourth-order valence-electron chi connectivity index (χ4n) is 1.18. The number of carbonyl (C=O) groups is 2. The molecule has 0 radical (unpaired) electrons. The smallest absolute Gasteiger partial charge is 0.322 e. The molecule has 6 nitrogen and oxygen atoms in total. The molecular formula is C10H10FN3O3. The number of nitrogens with two attached hydrogens (primary N) is 1. The van der Waals surface area contributed by atoms with Gasteiger partial charge in [-0.05, 0) is 18.2 Å². The van der Waals surface area contributed by atoms with Crippen molar-refractivity contribution in [2.45, 2.75) is 0 Å². The number of hydrogen-bond acceptors (Lipinski definition) is 4. The van der Waals surface area contributed by atoms with Crippen LogP contribution < -0.4 is 11.1 Å². The second-order valence-electron chi connectivity index (χ2n) is 3.18. The third kappa shape index (κ3) is 3.26. The van der Waals surface area contributed by atoms with Crippen molar-refractivity contribution in [3.8, 4) is 0 Å². The minimum Gasteiger partial charge on any atom is -0.480 e. The Labute approximate surface area is 95.7 Å². The van der Waals surface area contributed by atoms with E-state index in [1.165, 1.54) is 6.07 Å². The molecular weight excluding hydrogens is 229 g/mol. The Balaban J connectivity index is 3.07. The quantitative estimate of drug-likeness (QED) is 0.548. The molecule has 0 saturated carbocycles. The average molecular weight is 239 g/mol. The minimum absolute atomic E-state index is 0.0381. The van der Waals surface area contributed by atoms with E-state index < -0.39 is 30.0 Å². The molecule has 0 fully saturated rings. The summed E-state index contributed by atoms with van der Waals surface area (Å²) in [4.78, 5) is 21.2. The normalized spacial score (nSPS) is 9.71. The molecule has 1 aromatic carbocycles. The van der Waals surface area contributed by atoms with Crippen LogP contribution in [0.15, 0.2) is 18.2 Å². The molecule has 0 aliphatic rings. The Morgan fingerprint density at radius 1 is 1.47 bits per heavy atom. The van der Waals surface area contributed by atoms with Gasteiger partial charge in [0.25, 0.3) is 5.91 Å². The lowest BCUT2D eigenvalue weighted by Gasteiger charge is -2.10. The molecule has 0 aliphatic carbocycles. The van der Waals surface area contributed by atoms with Crippen LogP contribution >= 0.6 is 0 Å². The summed E-state index contributed by atoms with van der Waals surface area (Å²) >= 11 is 0. The number of carboxylic acids is 1. The predicted octanol–water partition coefficient (Wildman–Crippen LogP) is 0.175. The molecule has 0 aromatic heterocycles. The van der Waals surface area contributed by atoms with Crippen molar-refractivity contribution in [2.75, 3.05) is 11.9 Å². The molecule has 5 N–H and O–H groups in total. The van der Waals surface area contributed by atoms with E-state index in [0.717, 1.165) is 12.1 Å². The zero-order valence-corrected chi connectivity index (χ0v) is 8.66. The Morgan fingerprint density at radius 3 is 2.65 bits per heavy atom. The summed E-state index contributed by atoms with van der Waals surface area (Å²) < 4.78 is 13.0. The molecule has 17 heavy (non-hydrogen) atoms. The molecule has 0 saturated heterocycles. The van der Waals surface area contributed by atoms with E-state index in [1.807, 2.05) is 0 Å². The van der Waals surface area contributed by atoms with E-state index in [0.29, 0.717) is 0 Å². The Morgan fingerprint density at radius 2 is 2.12 bits per heavy atom. The van der Waals surface area contributed by atoms with Gasteiger partial charge in [0.15, 0.2) is 0 Å². The first-order chi connectivity index (χ1) is 7.91. The summed E-state index contributed by atoms with van der Waals surface area (Å²) in [5.74, 6) is -2.74. The highest BCUT2D eigenvalue weighted by Crippen LogP contribution is 2.17. The lowest BCUT2D eigenvalue weighted by molar-refractivity contribution is -0.134. The van der Waals surface area contributed by atoms with E-state index in [4.69, 9.17) is 16.2 Å². The van der Waals surface area contributed by atoms with Crippen LogP contribution in [0.1, 0.15) is 5.56 Å². The van der Waals surface area contributed by atoms with Crippen molar-refractivity contribution in [1.82, 2.24) is 0 Å². The van der Waals surface area contributed by atoms with E-state index in [1.54, 1.807) is 0 Å². The summed E-state index contributed by atoms with van der Waals surface area (Å²) in [5.41, 5.74) is 4.51. The van der Waals surface area contributed by atoms with Crippen molar-refractivity contribution in [3.05, 3.63) is 29.6 Å². The van der Waals surface area contributed by atoms with E-state index >= 15 is 0 Å². The number of anilines is 1. The number of carbonyl (C=O) groups excluding carboxylic acids is 1. The zero-order chi connectivity index (χ0) is 13.0. The van der Waals surface area contributed by atoms with Gasteiger partial charge in [-0.2, -0.15) is 0 Å². The molecule has 0 atom stereocenters. The summed E-state index contributed by atoms with van der Waals surface area (Å²) in [6, 6.07) is 3.24.